The number of hydrogen-bond acceptors (Lipinski definition) is 3. The van der Waals surface area contributed by atoms with Crippen molar-refractivity contribution in [2.24, 2.45) is 0 Å². The Morgan fingerprint density at radius 3 is 2.43 bits per heavy atom. The van der Waals surface area contributed by atoms with Gasteiger partial charge in [0.2, 0.25) is 6.43 Å². The molecule has 0 fully saturated rings. The second-order valence-electron chi connectivity index (χ2n) is 5.90. The first-order chi connectivity index (χ1) is 10.5. The lowest BCUT2D eigenvalue weighted by Gasteiger charge is -2.22. The largest absolute Gasteiger partial charge is 0.481 e. The highest BCUT2D eigenvalue weighted by atomic mass is 35.5. The first-order valence-electron chi connectivity index (χ1n) is 6.79. The van der Waals surface area contributed by atoms with Crippen LogP contribution in [0.1, 0.15) is 38.7 Å². The smallest absolute Gasteiger partial charge is 0.412 e. The molecule has 23 heavy (non-hydrogen) atoms. The number of alkyl halides is 2. The Bertz CT molecular complexity index is 587. The molecule has 1 unspecified atom stereocenters. The van der Waals surface area contributed by atoms with E-state index >= 15 is 0 Å². The average Bonchev–Trinajstić information content (AvgIpc) is 2.33. The number of ether oxygens (including phenoxy) is 1. The summed E-state index contributed by atoms with van der Waals surface area (Å²) < 4.78 is 31.4. The molecule has 1 atom stereocenters. The first kappa shape index (κ1) is 19.2. The number of carbonyl (C=O) groups excluding carboxylic acids is 1. The minimum atomic E-state index is -2.91. The van der Waals surface area contributed by atoms with Crippen molar-refractivity contribution in [1.82, 2.24) is 0 Å². The molecule has 0 saturated carbocycles. The van der Waals surface area contributed by atoms with Crippen molar-refractivity contribution in [2.45, 2.75) is 45.1 Å². The normalized spacial score (nSPS) is 12.8. The van der Waals surface area contributed by atoms with E-state index < -0.39 is 36.4 Å². The fourth-order valence-electron chi connectivity index (χ4n) is 1.90. The van der Waals surface area contributed by atoms with Crippen molar-refractivity contribution in [3.05, 3.63) is 28.8 Å². The van der Waals surface area contributed by atoms with E-state index in [2.05, 4.69) is 5.32 Å². The van der Waals surface area contributed by atoms with E-state index in [1.54, 1.807) is 20.8 Å². The molecular weight excluding hydrogens is 332 g/mol. The molecule has 0 aromatic heterocycles. The van der Waals surface area contributed by atoms with Crippen molar-refractivity contribution in [2.75, 3.05) is 5.32 Å². The first-order valence-corrected chi connectivity index (χ1v) is 7.17. The molecule has 128 valence electrons. The highest BCUT2D eigenvalue weighted by molar-refractivity contribution is 6.31. The maximum absolute atomic E-state index is 13.2. The molecule has 1 rings (SSSR count). The van der Waals surface area contributed by atoms with E-state index in [1.165, 1.54) is 18.2 Å². The summed E-state index contributed by atoms with van der Waals surface area (Å²) in [5.74, 6) is -2.94. The van der Waals surface area contributed by atoms with E-state index in [0.29, 0.717) is 0 Å². The number of nitrogens with one attached hydrogen (secondary N) is 1. The molecular formula is C15H18ClF2NO4. The molecule has 5 nitrogen and oxygen atoms in total. The van der Waals surface area contributed by atoms with Gasteiger partial charge in [0.25, 0.3) is 0 Å². The van der Waals surface area contributed by atoms with E-state index in [1.807, 2.05) is 0 Å². The fourth-order valence-corrected chi connectivity index (χ4v) is 2.07. The van der Waals surface area contributed by atoms with Gasteiger partial charge in [-0.2, -0.15) is 0 Å². The van der Waals surface area contributed by atoms with Crippen molar-refractivity contribution >= 4 is 29.4 Å². The zero-order chi connectivity index (χ0) is 17.8. The number of hydrogen-bond donors (Lipinski definition) is 2. The standard InChI is InChI=1S/C15H18ClF2NO4/c1-15(2,3)23-14(22)19-11-6-8(16)4-5-9(11)10(13(17)18)7-12(20)21/h4-6,10,13H,7H2,1-3H3,(H,19,22)(H,20,21). The second kappa shape index (κ2) is 7.59. The average molecular weight is 350 g/mol. The topological polar surface area (TPSA) is 75.6 Å². The number of amides is 1. The van der Waals surface area contributed by atoms with Crippen LogP contribution in [0.5, 0.6) is 0 Å². The SMILES string of the molecule is CC(C)(C)OC(=O)Nc1cc(Cl)ccc1C(CC(=O)O)C(F)F. The lowest BCUT2D eigenvalue weighted by Crippen LogP contribution is -2.28. The van der Waals surface area contributed by atoms with Gasteiger partial charge >= 0.3 is 12.1 Å². The lowest BCUT2D eigenvalue weighted by molar-refractivity contribution is -0.138. The molecule has 1 amide bonds. The van der Waals surface area contributed by atoms with Crippen LogP contribution in [0.25, 0.3) is 0 Å². The summed E-state index contributed by atoms with van der Waals surface area (Å²) in [6, 6.07) is 3.90. The number of rotatable bonds is 5. The predicted molar refractivity (Wildman–Crippen MR) is 82.3 cm³/mol. The van der Waals surface area contributed by atoms with Gasteiger partial charge in [0.05, 0.1) is 12.3 Å². The number of carbonyl (C=O) groups is 2. The Hall–Kier alpha value is -1.89. The molecule has 2 N–H and O–H groups in total. The van der Waals surface area contributed by atoms with Gasteiger partial charge in [0, 0.05) is 10.7 Å². The van der Waals surface area contributed by atoms with Crippen LogP contribution in [-0.4, -0.2) is 29.2 Å². The van der Waals surface area contributed by atoms with Crippen molar-refractivity contribution in [3.63, 3.8) is 0 Å². The molecule has 0 aliphatic heterocycles. The van der Waals surface area contributed by atoms with Crippen LogP contribution in [0.2, 0.25) is 5.02 Å². The molecule has 0 bridgehead atoms. The monoisotopic (exact) mass is 349 g/mol. The predicted octanol–water partition coefficient (Wildman–Crippen LogP) is 4.51. The molecule has 0 aliphatic rings. The van der Waals surface area contributed by atoms with E-state index in [-0.39, 0.29) is 16.3 Å². The zero-order valence-electron chi connectivity index (χ0n) is 12.9. The molecule has 0 saturated heterocycles. The summed E-state index contributed by atoms with van der Waals surface area (Å²) >= 11 is 5.83. The number of carboxylic acids is 1. The van der Waals surface area contributed by atoms with Gasteiger partial charge in [-0.05, 0) is 38.5 Å². The Balaban J connectivity index is 3.13. The summed E-state index contributed by atoms with van der Waals surface area (Å²) in [5.41, 5.74) is -0.789. The molecule has 0 aliphatic carbocycles. The van der Waals surface area contributed by atoms with Crippen LogP contribution in [0, 0.1) is 0 Å². The van der Waals surface area contributed by atoms with Crippen molar-refractivity contribution in [3.8, 4) is 0 Å². The third-order valence-corrected chi connectivity index (χ3v) is 2.98. The summed E-state index contributed by atoms with van der Waals surface area (Å²) in [4.78, 5) is 22.6. The molecule has 0 heterocycles. The second-order valence-corrected chi connectivity index (χ2v) is 6.33. The Labute approximate surface area is 137 Å². The van der Waals surface area contributed by atoms with Gasteiger partial charge in [-0.3, -0.25) is 10.1 Å². The lowest BCUT2D eigenvalue weighted by atomic mass is 9.94. The van der Waals surface area contributed by atoms with Crippen LogP contribution in [0.4, 0.5) is 19.3 Å². The molecule has 0 spiro atoms. The van der Waals surface area contributed by atoms with Gasteiger partial charge in [-0.15, -0.1) is 0 Å². The summed E-state index contributed by atoms with van der Waals surface area (Å²) in [5, 5.41) is 11.4. The highest BCUT2D eigenvalue weighted by Gasteiger charge is 2.28. The van der Waals surface area contributed by atoms with Crippen LogP contribution >= 0.6 is 11.6 Å². The molecule has 1 aromatic carbocycles. The summed E-state index contributed by atoms with van der Waals surface area (Å²) in [6.45, 7) is 4.95. The molecule has 0 radical (unpaired) electrons. The highest BCUT2D eigenvalue weighted by Crippen LogP contribution is 2.34. The van der Waals surface area contributed by atoms with Crippen LogP contribution < -0.4 is 5.32 Å². The van der Waals surface area contributed by atoms with Gasteiger partial charge in [-0.1, -0.05) is 17.7 Å². The van der Waals surface area contributed by atoms with Crippen LogP contribution in [0.15, 0.2) is 18.2 Å². The molecule has 1 aromatic rings. The minimum Gasteiger partial charge on any atom is -0.481 e. The van der Waals surface area contributed by atoms with Crippen molar-refractivity contribution in [1.29, 1.82) is 0 Å². The Morgan fingerprint density at radius 2 is 1.96 bits per heavy atom. The Morgan fingerprint density at radius 1 is 1.35 bits per heavy atom. The van der Waals surface area contributed by atoms with Gasteiger partial charge < -0.3 is 9.84 Å². The van der Waals surface area contributed by atoms with Crippen LogP contribution in [0.3, 0.4) is 0 Å². The Kier molecular flexibility index (Phi) is 6.32. The number of halogens is 3. The number of anilines is 1. The van der Waals surface area contributed by atoms with E-state index in [4.69, 9.17) is 21.4 Å². The van der Waals surface area contributed by atoms with Gasteiger partial charge in [0.1, 0.15) is 5.60 Å². The third kappa shape index (κ3) is 6.40. The van der Waals surface area contributed by atoms with Gasteiger partial charge in [-0.25, -0.2) is 13.6 Å². The zero-order valence-corrected chi connectivity index (χ0v) is 13.7. The molecule has 8 heteroatoms. The summed E-state index contributed by atoms with van der Waals surface area (Å²) in [6.07, 6.45) is -4.53. The third-order valence-electron chi connectivity index (χ3n) is 2.75. The van der Waals surface area contributed by atoms with E-state index in [9.17, 15) is 18.4 Å². The van der Waals surface area contributed by atoms with Crippen molar-refractivity contribution < 1.29 is 28.2 Å². The maximum atomic E-state index is 13.2. The maximum Gasteiger partial charge on any atom is 0.412 e. The minimum absolute atomic E-state index is 0.00157. The van der Waals surface area contributed by atoms with Crippen LogP contribution in [-0.2, 0) is 9.53 Å². The number of benzene rings is 1. The summed E-state index contributed by atoms with van der Waals surface area (Å²) in [7, 11) is 0. The number of carboxylic acid groups (broad SMARTS) is 1. The number of aliphatic carboxylic acids is 1. The quantitative estimate of drug-likeness (QED) is 0.820. The van der Waals surface area contributed by atoms with E-state index in [0.717, 1.165) is 0 Å². The fraction of sp³-hybridized carbons (Fsp3) is 0.467. The van der Waals surface area contributed by atoms with Gasteiger partial charge in [0.15, 0.2) is 0 Å².